The van der Waals surface area contributed by atoms with Crippen molar-refractivity contribution in [2.24, 2.45) is 0 Å². The first-order valence-electron chi connectivity index (χ1n) is 9.06. The van der Waals surface area contributed by atoms with Crippen LogP contribution in [0.4, 0.5) is 0 Å². The third-order valence-electron chi connectivity index (χ3n) is 4.07. The van der Waals surface area contributed by atoms with E-state index in [0.29, 0.717) is 0 Å². The molecular weight excluding hydrogens is 671 g/mol. The number of benzene rings is 4. The Balaban J connectivity index is 0.000000201. The Morgan fingerprint density at radius 3 is 1.16 bits per heavy atom. The normalized spacial score (nSPS) is 10.1. The Morgan fingerprint density at radius 1 is 0.516 bits per heavy atom. The molecule has 0 aliphatic heterocycles. The summed E-state index contributed by atoms with van der Waals surface area (Å²) in [5, 5.41) is 0. The first-order chi connectivity index (χ1) is 15.0. The molecule has 2 nitrogen and oxygen atoms in total. The summed E-state index contributed by atoms with van der Waals surface area (Å²) in [5.74, 6) is 0. The van der Waals surface area contributed by atoms with Crippen molar-refractivity contribution in [3.63, 3.8) is 0 Å². The van der Waals surface area contributed by atoms with E-state index in [-0.39, 0.29) is 0 Å². The van der Waals surface area contributed by atoms with Crippen LogP contribution in [0, 0.1) is 0 Å². The molecule has 0 bridgehead atoms. The summed E-state index contributed by atoms with van der Waals surface area (Å²) in [7, 11) is -1.50. The average molecular weight is 690 g/mol. The predicted molar refractivity (Wildman–Crippen MR) is 147 cm³/mol. The topological polar surface area (TPSA) is 37.3 Å². The highest BCUT2D eigenvalue weighted by atomic mass is 79.9. The van der Waals surface area contributed by atoms with Crippen molar-refractivity contribution in [2.75, 3.05) is 0 Å². The molecule has 0 aliphatic rings. The number of rotatable bonds is 2. The van der Waals surface area contributed by atoms with Gasteiger partial charge < -0.3 is 4.89 Å². The maximum Gasteiger partial charge on any atom is 0.177 e. The molecule has 160 valence electrons. The summed E-state index contributed by atoms with van der Waals surface area (Å²) in [6.07, 6.45) is 0. The summed E-state index contributed by atoms with van der Waals surface area (Å²) in [5.41, 5.74) is 4.86. The van der Waals surface area contributed by atoms with Crippen molar-refractivity contribution in [3.8, 4) is 22.3 Å². The molecule has 0 spiro atoms. The lowest BCUT2D eigenvalue weighted by Gasteiger charge is -2.09. The van der Waals surface area contributed by atoms with Gasteiger partial charge in [0.25, 0.3) is 0 Å². The molecule has 4 aromatic rings. The summed E-state index contributed by atoms with van der Waals surface area (Å²) in [4.78, 5) is 7.10. The van der Waals surface area contributed by atoms with E-state index in [2.05, 4.69) is 124 Å². The van der Waals surface area contributed by atoms with E-state index in [1.165, 1.54) is 11.1 Å². The molecule has 0 aliphatic carbocycles. The van der Waals surface area contributed by atoms with Gasteiger partial charge in [-0.2, -0.15) is 0 Å². The fraction of sp³-hybridized carbons (Fsp3) is 0. The SMILES string of the molecule is Brc1cccc(-c2cccc(Br)c2Br)c1Br.O=[PH2]O.c1ccc(-c2ccccc2)cc1. The van der Waals surface area contributed by atoms with E-state index in [4.69, 9.17) is 9.46 Å². The maximum atomic E-state index is 8.57. The fourth-order valence-electron chi connectivity index (χ4n) is 2.68. The Morgan fingerprint density at radius 2 is 0.839 bits per heavy atom. The lowest BCUT2D eigenvalue weighted by Crippen LogP contribution is -1.83. The minimum atomic E-state index is -1.50. The van der Waals surface area contributed by atoms with Crippen molar-refractivity contribution >= 4 is 72.4 Å². The predicted octanol–water partition coefficient (Wildman–Crippen LogP) is 9.41. The molecule has 0 amide bonds. The summed E-state index contributed by atoms with van der Waals surface area (Å²) < 4.78 is 12.8. The Labute approximate surface area is 217 Å². The second-order valence-electron chi connectivity index (χ2n) is 6.04. The molecule has 0 heterocycles. The second-order valence-corrected chi connectivity index (χ2v) is 9.55. The molecule has 0 saturated carbocycles. The van der Waals surface area contributed by atoms with E-state index in [1.807, 2.05) is 36.4 Å². The largest absolute Gasteiger partial charge is 0.348 e. The van der Waals surface area contributed by atoms with E-state index >= 15 is 0 Å². The van der Waals surface area contributed by atoms with Gasteiger partial charge in [0.05, 0.1) is 0 Å². The van der Waals surface area contributed by atoms with Gasteiger partial charge in [-0.15, -0.1) is 0 Å². The molecule has 0 aromatic heterocycles. The van der Waals surface area contributed by atoms with Gasteiger partial charge in [-0.3, -0.25) is 4.57 Å². The third kappa shape index (κ3) is 8.12. The molecule has 4 rings (SSSR count). The van der Waals surface area contributed by atoms with Crippen molar-refractivity contribution in [1.82, 2.24) is 0 Å². The zero-order valence-electron chi connectivity index (χ0n) is 16.2. The highest BCUT2D eigenvalue weighted by molar-refractivity contribution is 9.13. The average Bonchev–Trinajstić information content (AvgIpc) is 2.80. The first kappa shape index (κ1) is 26.2. The summed E-state index contributed by atoms with van der Waals surface area (Å²) in [6.45, 7) is 0. The number of hydrogen-bond donors (Lipinski definition) is 1. The Kier molecular flexibility index (Phi) is 12.0. The zero-order valence-corrected chi connectivity index (χ0v) is 23.7. The van der Waals surface area contributed by atoms with Gasteiger partial charge in [0, 0.05) is 17.9 Å². The zero-order chi connectivity index (χ0) is 22.6. The smallest absolute Gasteiger partial charge is 0.177 e. The van der Waals surface area contributed by atoms with Gasteiger partial charge in [-0.05, 0) is 98.1 Å². The van der Waals surface area contributed by atoms with Crippen molar-refractivity contribution in [3.05, 3.63) is 115 Å². The van der Waals surface area contributed by atoms with Crippen LogP contribution < -0.4 is 0 Å². The highest BCUT2D eigenvalue weighted by Gasteiger charge is 2.10. The Bertz CT molecular complexity index is 1020. The van der Waals surface area contributed by atoms with Crippen LogP contribution in [-0.4, -0.2) is 4.89 Å². The van der Waals surface area contributed by atoms with Gasteiger partial charge in [0.15, 0.2) is 8.69 Å². The van der Waals surface area contributed by atoms with Crippen LogP contribution >= 0.6 is 72.4 Å². The van der Waals surface area contributed by atoms with Gasteiger partial charge in [0.1, 0.15) is 0 Å². The fourth-order valence-corrected chi connectivity index (χ4v) is 4.37. The monoisotopic (exact) mass is 686 g/mol. The standard InChI is InChI=1S/C12H6Br4.C12H10.H3O2P/c13-9-5-1-3-7(11(9)15)8-4-2-6-10(14)12(8)16;1-3-7-11(8-4-1)12-9-5-2-6-10-12;1-3-2/h1-6H;1-10H;3H2,(H,1,2). The molecule has 0 saturated heterocycles. The lowest BCUT2D eigenvalue weighted by molar-refractivity contribution is 0.524. The van der Waals surface area contributed by atoms with Crippen LogP contribution in [0.5, 0.6) is 0 Å². The molecule has 1 atom stereocenters. The van der Waals surface area contributed by atoms with Gasteiger partial charge >= 0.3 is 0 Å². The van der Waals surface area contributed by atoms with Gasteiger partial charge in [-0.1, -0.05) is 84.9 Å². The van der Waals surface area contributed by atoms with E-state index < -0.39 is 8.69 Å². The van der Waals surface area contributed by atoms with Gasteiger partial charge in [-0.25, -0.2) is 0 Å². The second kappa shape index (κ2) is 14.2. The van der Waals surface area contributed by atoms with Crippen molar-refractivity contribution in [1.29, 1.82) is 0 Å². The van der Waals surface area contributed by atoms with Crippen LogP contribution in [-0.2, 0) is 4.57 Å². The van der Waals surface area contributed by atoms with E-state index in [9.17, 15) is 0 Å². The van der Waals surface area contributed by atoms with Crippen molar-refractivity contribution in [2.45, 2.75) is 0 Å². The van der Waals surface area contributed by atoms with Crippen LogP contribution in [0.1, 0.15) is 0 Å². The van der Waals surface area contributed by atoms with Crippen LogP contribution in [0.25, 0.3) is 22.3 Å². The molecule has 1 unspecified atom stereocenters. The molecule has 1 N–H and O–H groups in total. The molecule has 31 heavy (non-hydrogen) atoms. The number of hydrogen-bond acceptors (Lipinski definition) is 1. The third-order valence-corrected chi connectivity index (χ3v) is 8.17. The molecular formula is C24H19Br4O2P. The molecule has 7 heteroatoms. The molecule has 0 fully saturated rings. The van der Waals surface area contributed by atoms with E-state index in [1.54, 1.807) is 0 Å². The van der Waals surface area contributed by atoms with Crippen molar-refractivity contribution < 1.29 is 9.46 Å². The molecule has 0 radical (unpaired) electrons. The van der Waals surface area contributed by atoms with Gasteiger partial charge in [0.2, 0.25) is 0 Å². The highest BCUT2D eigenvalue weighted by Crippen LogP contribution is 2.39. The minimum Gasteiger partial charge on any atom is -0.348 e. The van der Waals surface area contributed by atoms with Crippen LogP contribution in [0.3, 0.4) is 0 Å². The molecule has 4 aromatic carbocycles. The first-order valence-corrected chi connectivity index (χ1v) is 13.2. The Hall–Kier alpha value is -1.01. The van der Waals surface area contributed by atoms with Crippen LogP contribution in [0.2, 0.25) is 0 Å². The number of halogens is 4. The minimum absolute atomic E-state index is 1.05. The van der Waals surface area contributed by atoms with Crippen LogP contribution in [0.15, 0.2) is 115 Å². The quantitative estimate of drug-likeness (QED) is 0.213. The lowest BCUT2D eigenvalue weighted by atomic mass is 10.1. The maximum absolute atomic E-state index is 8.57. The van der Waals surface area contributed by atoms with E-state index in [0.717, 1.165) is 29.0 Å². The summed E-state index contributed by atoms with van der Waals surface area (Å²) in [6, 6.07) is 33.0. The summed E-state index contributed by atoms with van der Waals surface area (Å²) >= 11 is 14.2.